The predicted molar refractivity (Wildman–Crippen MR) is 105 cm³/mol. The maximum Gasteiger partial charge on any atom is 0.289 e. The van der Waals surface area contributed by atoms with Crippen LogP contribution in [0.1, 0.15) is 40.7 Å². The van der Waals surface area contributed by atoms with Gasteiger partial charge in [-0.2, -0.15) is 0 Å². The smallest absolute Gasteiger partial charge is 0.289 e. The first-order valence-corrected chi connectivity index (χ1v) is 9.15. The van der Waals surface area contributed by atoms with Gasteiger partial charge in [-0.05, 0) is 36.8 Å². The lowest BCUT2D eigenvalue weighted by atomic mass is 10.2. The SMILES string of the molecule is CCCCOc1ccc(C(=O)NNC(=O)CN(C)C(=O)c2ccco2)cc1OC. The number of benzene rings is 1. The summed E-state index contributed by atoms with van der Waals surface area (Å²) in [4.78, 5) is 37.5. The molecule has 0 atom stereocenters. The molecule has 0 spiro atoms. The molecular weight excluding hydrogens is 378 g/mol. The Hall–Kier alpha value is -3.49. The molecule has 0 aliphatic carbocycles. The van der Waals surface area contributed by atoms with E-state index in [2.05, 4.69) is 17.8 Å². The lowest BCUT2D eigenvalue weighted by molar-refractivity contribution is -0.122. The second kappa shape index (κ2) is 10.7. The molecule has 2 N–H and O–H groups in total. The standard InChI is InChI=1S/C20H25N3O6/c1-4-5-10-28-15-9-8-14(12-17(15)27-3)19(25)22-21-18(24)13-23(2)20(26)16-7-6-11-29-16/h6-9,11-12H,4-5,10,13H2,1-3H3,(H,21,24)(H,22,25). The molecule has 2 aromatic rings. The Morgan fingerprint density at radius 2 is 1.93 bits per heavy atom. The first kappa shape index (κ1) is 21.8. The summed E-state index contributed by atoms with van der Waals surface area (Å²) in [5, 5.41) is 0. The summed E-state index contributed by atoms with van der Waals surface area (Å²) in [6.07, 6.45) is 3.29. The van der Waals surface area contributed by atoms with Crippen molar-refractivity contribution in [3.05, 3.63) is 47.9 Å². The average Bonchev–Trinajstić information content (AvgIpc) is 3.26. The van der Waals surface area contributed by atoms with Crippen LogP contribution in [0.4, 0.5) is 0 Å². The van der Waals surface area contributed by atoms with Crippen molar-refractivity contribution in [2.24, 2.45) is 0 Å². The zero-order chi connectivity index (χ0) is 21.2. The fourth-order valence-electron chi connectivity index (χ4n) is 2.37. The molecule has 0 bridgehead atoms. The van der Waals surface area contributed by atoms with E-state index in [4.69, 9.17) is 13.9 Å². The van der Waals surface area contributed by atoms with E-state index in [0.717, 1.165) is 12.8 Å². The molecule has 0 radical (unpaired) electrons. The fourth-order valence-corrected chi connectivity index (χ4v) is 2.37. The quantitative estimate of drug-likeness (QED) is 0.490. The van der Waals surface area contributed by atoms with E-state index in [1.54, 1.807) is 18.2 Å². The molecule has 9 nitrogen and oxygen atoms in total. The van der Waals surface area contributed by atoms with E-state index in [0.29, 0.717) is 18.1 Å². The van der Waals surface area contributed by atoms with Gasteiger partial charge < -0.3 is 18.8 Å². The van der Waals surface area contributed by atoms with Crippen LogP contribution in [0.2, 0.25) is 0 Å². The number of carbonyl (C=O) groups is 3. The number of amides is 3. The first-order valence-electron chi connectivity index (χ1n) is 9.15. The molecule has 156 valence electrons. The number of hydrazine groups is 1. The monoisotopic (exact) mass is 403 g/mol. The number of likely N-dealkylation sites (N-methyl/N-ethyl adjacent to an activating group) is 1. The van der Waals surface area contributed by atoms with Gasteiger partial charge >= 0.3 is 0 Å². The maximum absolute atomic E-state index is 12.3. The Morgan fingerprint density at radius 3 is 2.59 bits per heavy atom. The van der Waals surface area contributed by atoms with Crippen LogP contribution in [0.15, 0.2) is 41.0 Å². The molecule has 0 saturated carbocycles. The molecule has 3 amide bonds. The number of nitrogens with one attached hydrogen (secondary N) is 2. The first-order chi connectivity index (χ1) is 14.0. The highest BCUT2D eigenvalue weighted by Crippen LogP contribution is 2.28. The highest BCUT2D eigenvalue weighted by molar-refractivity contribution is 5.97. The molecule has 1 heterocycles. The van der Waals surface area contributed by atoms with Crippen LogP contribution in [0.25, 0.3) is 0 Å². The lowest BCUT2D eigenvalue weighted by Crippen LogP contribution is -2.46. The highest BCUT2D eigenvalue weighted by atomic mass is 16.5. The minimum Gasteiger partial charge on any atom is -0.493 e. The Labute approximate surface area is 168 Å². The number of furan rings is 1. The normalized spacial score (nSPS) is 10.2. The summed E-state index contributed by atoms with van der Waals surface area (Å²) >= 11 is 0. The number of unbranched alkanes of at least 4 members (excludes halogenated alkanes) is 1. The molecule has 1 aromatic heterocycles. The predicted octanol–water partition coefficient (Wildman–Crippen LogP) is 2.00. The minimum absolute atomic E-state index is 0.123. The van der Waals surface area contributed by atoms with E-state index >= 15 is 0 Å². The number of nitrogens with zero attached hydrogens (tertiary/aromatic N) is 1. The number of rotatable bonds is 9. The van der Waals surface area contributed by atoms with Crippen molar-refractivity contribution in [2.75, 3.05) is 27.3 Å². The van der Waals surface area contributed by atoms with E-state index in [1.165, 1.54) is 37.5 Å². The van der Waals surface area contributed by atoms with Crippen molar-refractivity contribution in [3.63, 3.8) is 0 Å². The Morgan fingerprint density at radius 1 is 1.14 bits per heavy atom. The van der Waals surface area contributed by atoms with Crippen molar-refractivity contribution in [1.82, 2.24) is 15.8 Å². The van der Waals surface area contributed by atoms with Gasteiger partial charge in [-0.25, -0.2) is 0 Å². The van der Waals surface area contributed by atoms with Crippen LogP contribution in [0, 0.1) is 0 Å². The second-order valence-electron chi connectivity index (χ2n) is 6.21. The fraction of sp³-hybridized carbons (Fsp3) is 0.350. The largest absolute Gasteiger partial charge is 0.493 e. The van der Waals surface area contributed by atoms with E-state index in [9.17, 15) is 14.4 Å². The van der Waals surface area contributed by atoms with Crippen LogP contribution < -0.4 is 20.3 Å². The van der Waals surface area contributed by atoms with E-state index in [1.807, 2.05) is 0 Å². The Balaban J connectivity index is 1.87. The molecule has 0 fully saturated rings. The number of carbonyl (C=O) groups excluding carboxylic acids is 3. The van der Waals surface area contributed by atoms with Crippen LogP contribution in [-0.2, 0) is 4.79 Å². The van der Waals surface area contributed by atoms with Crippen molar-refractivity contribution >= 4 is 17.7 Å². The summed E-state index contributed by atoms with van der Waals surface area (Å²) in [6.45, 7) is 2.36. The zero-order valence-electron chi connectivity index (χ0n) is 16.7. The van der Waals surface area contributed by atoms with E-state index in [-0.39, 0.29) is 17.9 Å². The number of hydrogen-bond acceptors (Lipinski definition) is 6. The number of hydrogen-bond donors (Lipinski definition) is 2. The lowest BCUT2D eigenvalue weighted by Gasteiger charge is -2.16. The van der Waals surface area contributed by atoms with Crippen molar-refractivity contribution in [1.29, 1.82) is 0 Å². The van der Waals surface area contributed by atoms with E-state index < -0.39 is 17.7 Å². The Bertz CT molecular complexity index is 835. The summed E-state index contributed by atoms with van der Waals surface area (Å²) in [5.74, 6) is -0.454. The van der Waals surface area contributed by atoms with Crippen molar-refractivity contribution < 1.29 is 28.3 Å². The molecule has 9 heteroatoms. The van der Waals surface area contributed by atoms with Gasteiger partial charge in [-0.1, -0.05) is 13.3 Å². The van der Waals surface area contributed by atoms with Crippen molar-refractivity contribution in [3.8, 4) is 11.5 Å². The van der Waals surface area contributed by atoms with Gasteiger partial charge in [0, 0.05) is 12.6 Å². The Kier molecular flexibility index (Phi) is 8.08. The number of ether oxygens (including phenoxy) is 2. The summed E-state index contributed by atoms with van der Waals surface area (Å²) in [7, 11) is 2.94. The van der Waals surface area contributed by atoms with Gasteiger partial charge in [-0.15, -0.1) is 0 Å². The van der Waals surface area contributed by atoms with Gasteiger partial charge in [0.15, 0.2) is 17.3 Å². The number of methoxy groups -OCH3 is 1. The summed E-state index contributed by atoms with van der Waals surface area (Å²) in [6, 6.07) is 7.81. The summed E-state index contributed by atoms with van der Waals surface area (Å²) in [5.41, 5.74) is 4.86. The van der Waals surface area contributed by atoms with Gasteiger partial charge in [0.2, 0.25) is 0 Å². The van der Waals surface area contributed by atoms with Crippen LogP contribution in [0.5, 0.6) is 11.5 Å². The third-order valence-corrected chi connectivity index (χ3v) is 3.96. The minimum atomic E-state index is -0.563. The molecule has 0 unspecified atom stereocenters. The van der Waals surface area contributed by atoms with Crippen LogP contribution >= 0.6 is 0 Å². The van der Waals surface area contributed by atoms with Gasteiger partial charge in [0.1, 0.15) is 6.54 Å². The average molecular weight is 403 g/mol. The highest BCUT2D eigenvalue weighted by Gasteiger charge is 2.18. The van der Waals surface area contributed by atoms with Crippen LogP contribution in [0.3, 0.4) is 0 Å². The van der Waals surface area contributed by atoms with Gasteiger partial charge in [-0.3, -0.25) is 25.2 Å². The molecule has 1 aromatic carbocycles. The molecule has 0 aliphatic heterocycles. The van der Waals surface area contributed by atoms with Crippen molar-refractivity contribution in [2.45, 2.75) is 19.8 Å². The molecule has 29 heavy (non-hydrogen) atoms. The topological polar surface area (TPSA) is 110 Å². The molecule has 0 aliphatic rings. The van der Waals surface area contributed by atoms with Gasteiger partial charge in [0.05, 0.1) is 20.0 Å². The maximum atomic E-state index is 12.3. The summed E-state index contributed by atoms with van der Waals surface area (Å²) < 4.78 is 15.9. The molecule has 0 saturated heterocycles. The zero-order valence-corrected chi connectivity index (χ0v) is 16.7. The van der Waals surface area contributed by atoms with Crippen LogP contribution in [-0.4, -0.2) is 49.9 Å². The van der Waals surface area contributed by atoms with Gasteiger partial charge in [0.25, 0.3) is 17.7 Å². The molecule has 2 rings (SSSR count). The molecular formula is C20H25N3O6. The third-order valence-electron chi connectivity index (χ3n) is 3.96. The second-order valence-corrected chi connectivity index (χ2v) is 6.21. The third kappa shape index (κ3) is 6.27.